The number of halogens is 1. The molecule has 1 aliphatic heterocycles. The topological polar surface area (TPSA) is 76.0 Å². The molecule has 0 fully saturated rings. The summed E-state index contributed by atoms with van der Waals surface area (Å²) < 4.78 is 1.74. The second-order valence-corrected chi connectivity index (χ2v) is 10.0. The summed E-state index contributed by atoms with van der Waals surface area (Å²) in [7, 11) is 0. The molecule has 2 aliphatic rings. The third-order valence-corrected chi connectivity index (χ3v) is 6.46. The van der Waals surface area contributed by atoms with Crippen molar-refractivity contribution >= 4 is 34.8 Å². The van der Waals surface area contributed by atoms with Crippen LogP contribution in [-0.2, 0) is 4.79 Å². The van der Waals surface area contributed by atoms with E-state index < -0.39 is 6.04 Å². The number of anilines is 2. The quantitative estimate of drug-likeness (QED) is 0.521. The summed E-state index contributed by atoms with van der Waals surface area (Å²) in [6, 6.07) is 14.7. The van der Waals surface area contributed by atoms with Crippen LogP contribution in [-0.4, -0.2) is 21.5 Å². The second-order valence-electron chi connectivity index (χ2n) is 9.59. The van der Waals surface area contributed by atoms with Crippen molar-refractivity contribution in [2.75, 3.05) is 10.6 Å². The molecule has 2 N–H and O–H groups in total. The first-order chi connectivity index (χ1) is 15.7. The summed E-state index contributed by atoms with van der Waals surface area (Å²) in [6.07, 6.45) is 2.74. The van der Waals surface area contributed by atoms with Crippen LogP contribution in [0.2, 0.25) is 5.02 Å². The molecule has 168 valence electrons. The Balaban J connectivity index is 1.59. The van der Waals surface area contributed by atoms with Crippen molar-refractivity contribution in [1.29, 1.82) is 0 Å². The van der Waals surface area contributed by atoms with Gasteiger partial charge < -0.3 is 10.6 Å². The van der Waals surface area contributed by atoms with Gasteiger partial charge in [0.1, 0.15) is 17.4 Å². The summed E-state index contributed by atoms with van der Waals surface area (Å²) in [5.74, 6) is 0.430. The van der Waals surface area contributed by atoms with E-state index >= 15 is 0 Å². The predicted octanol–water partition coefficient (Wildman–Crippen LogP) is 5.76. The molecule has 6 nitrogen and oxygen atoms in total. The van der Waals surface area contributed by atoms with Gasteiger partial charge in [0.2, 0.25) is 0 Å². The molecule has 5 rings (SSSR count). The van der Waals surface area contributed by atoms with E-state index in [4.69, 9.17) is 11.6 Å². The van der Waals surface area contributed by atoms with Gasteiger partial charge in [-0.15, -0.1) is 0 Å². The van der Waals surface area contributed by atoms with Gasteiger partial charge >= 0.3 is 0 Å². The van der Waals surface area contributed by atoms with Crippen molar-refractivity contribution in [1.82, 2.24) is 9.78 Å². The summed E-state index contributed by atoms with van der Waals surface area (Å²) in [4.78, 5) is 26.5. The van der Waals surface area contributed by atoms with Crippen LogP contribution in [0.5, 0.6) is 0 Å². The summed E-state index contributed by atoms with van der Waals surface area (Å²) in [6.45, 7) is 6.15. The molecule has 2 heterocycles. The van der Waals surface area contributed by atoms with E-state index in [1.165, 1.54) is 0 Å². The molecule has 33 heavy (non-hydrogen) atoms. The van der Waals surface area contributed by atoms with E-state index in [-0.39, 0.29) is 17.1 Å². The van der Waals surface area contributed by atoms with Crippen LogP contribution in [0.15, 0.2) is 66.0 Å². The van der Waals surface area contributed by atoms with E-state index in [0.29, 0.717) is 34.8 Å². The molecule has 3 aromatic rings. The summed E-state index contributed by atoms with van der Waals surface area (Å²) >= 11 is 6.12. The Bertz CT molecular complexity index is 1300. The van der Waals surface area contributed by atoms with E-state index in [1.807, 2.05) is 55.5 Å². The van der Waals surface area contributed by atoms with Crippen molar-refractivity contribution in [3.63, 3.8) is 0 Å². The highest BCUT2D eigenvalue weighted by molar-refractivity contribution is 6.30. The van der Waals surface area contributed by atoms with Crippen molar-refractivity contribution < 1.29 is 9.59 Å². The van der Waals surface area contributed by atoms with E-state index in [2.05, 4.69) is 29.6 Å². The molecule has 0 saturated carbocycles. The zero-order valence-electron chi connectivity index (χ0n) is 18.8. The highest BCUT2D eigenvalue weighted by atomic mass is 35.5. The molecule has 0 radical (unpaired) electrons. The van der Waals surface area contributed by atoms with Crippen molar-refractivity contribution in [3.05, 3.63) is 87.7 Å². The number of Topliss-reactive ketones (excluding diaryl/α,β-unsaturated/α-hetero) is 1. The Kier molecular flexibility index (Phi) is 5.13. The highest BCUT2D eigenvalue weighted by Gasteiger charge is 2.42. The number of amides is 1. The van der Waals surface area contributed by atoms with Crippen molar-refractivity contribution in [3.8, 4) is 0 Å². The van der Waals surface area contributed by atoms with Gasteiger partial charge in [0, 0.05) is 28.4 Å². The first-order valence-electron chi connectivity index (χ1n) is 11.0. The van der Waals surface area contributed by atoms with Crippen LogP contribution >= 0.6 is 11.6 Å². The Labute approximate surface area is 197 Å². The number of nitrogens with zero attached hydrogens (tertiary/aromatic N) is 2. The number of hydrogen-bond acceptors (Lipinski definition) is 4. The molecule has 1 aliphatic carbocycles. The lowest BCUT2D eigenvalue weighted by molar-refractivity contribution is -0.118. The number of carbonyl (C=O) groups is 2. The molecule has 0 spiro atoms. The average molecular weight is 461 g/mol. The number of fused-ring (bicyclic) bond motifs is 1. The first-order valence-corrected chi connectivity index (χ1v) is 11.3. The number of allylic oxidation sites excluding steroid dienone is 2. The maximum absolute atomic E-state index is 13.3. The number of aryl methyl sites for hydroxylation is 1. The minimum absolute atomic E-state index is 0.0978. The minimum atomic E-state index is -0.419. The fourth-order valence-corrected chi connectivity index (χ4v) is 4.88. The molecule has 1 amide bonds. The van der Waals surface area contributed by atoms with E-state index in [0.717, 1.165) is 22.5 Å². The minimum Gasteiger partial charge on any atom is -0.343 e. The standard InChI is InChI=1S/C26H25ClN4O2/c1-15-5-4-6-18(11-15)29-25(33)19-14-28-31-23(16-7-9-17(27)10-8-16)22-20(30-24(19)31)12-26(2,3)13-21(22)32/h4-11,14,23,30H,12-13H2,1-3H3,(H,29,33)/t23-/m0/s1. The highest BCUT2D eigenvalue weighted by Crippen LogP contribution is 2.46. The molecule has 7 heteroatoms. The zero-order valence-corrected chi connectivity index (χ0v) is 19.5. The SMILES string of the molecule is Cc1cccc(NC(=O)c2cnn3c2NC2=C(C(=O)CC(C)(C)C2)[C@@H]3c2ccc(Cl)cc2)c1. The summed E-state index contributed by atoms with van der Waals surface area (Å²) in [5.41, 5.74) is 4.50. The van der Waals surface area contributed by atoms with Crippen LogP contribution in [0.3, 0.4) is 0 Å². The molecule has 2 aromatic carbocycles. The van der Waals surface area contributed by atoms with Gasteiger partial charge in [-0.2, -0.15) is 5.10 Å². The Morgan fingerprint density at radius 2 is 1.94 bits per heavy atom. The number of ketones is 1. The van der Waals surface area contributed by atoms with Crippen LogP contribution in [0, 0.1) is 12.3 Å². The van der Waals surface area contributed by atoms with Crippen LogP contribution < -0.4 is 10.6 Å². The fraction of sp³-hybridized carbons (Fsp3) is 0.269. The third-order valence-electron chi connectivity index (χ3n) is 6.21. The number of hydrogen-bond donors (Lipinski definition) is 2. The molecule has 0 bridgehead atoms. The van der Waals surface area contributed by atoms with Gasteiger partial charge in [-0.25, -0.2) is 4.68 Å². The van der Waals surface area contributed by atoms with Crippen LogP contribution in [0.1, 0.15) is 54.2 Å². The maximum Gasteiger partial charge on any atom is 0.261 e. The second kappa shape index (κ2) is 7.89. The Morgan fingerprint density at radius 3 is 2.67 bits per heavy atom. The van der Waals surface area contributed by atoms with Gasteiger partial charge in [0.05, 0.1) is 6.20 Å². The lowest BCUT2D eigenvalue weighted by Crippen LogP contribution is -2.36. The lowest BCUT2D eigenvalue weighted by atomic mass is 9.73. The van der Waals surface area contributed by atoms with E-state index in [9.17, 15) is 9.59 Å². The molecular formula is C26H25ClN4O2. The van der Waals surface area contributed by atoms with Crippen molar-refractivity contribution in [2.24, 2.45) is 5.41 Å². The lowest BCUT2D eigenvalue weighted by Gasteiger charge is -2.39. The maximum atomic E-state index is 13.3. The largest absolute Gasteiger partial charge is 0.343 e. The normalized spacial score (nSPS) is 18.9. The number of nitrogens with one attached hydrogen (secondary N) is 2. The third kappa shape index (κ3) is 3.95. The molecular weight excluding hydrogens is 436 g/mol. The first kappa shape index (κ1) is 21.5. The Hall–Kier alpha value is -3.38. The van der Waals surface area contributed by atoms with Crippen LogP contribution in [0.25, 0.3) is 0 Å². The predicted molar refractivity (Wildman–Crippen MR) is 130 cm³/mol. The summed E-state index contributed by atoms with van der Waals surface area (Å²) in [5, 5.41) is 11.5. The van der Waals surface area contributed by atoms with Gasteiger partial charge in [-0.05, 0) is 54.2 Å². The number of carbonyl (C=O) groups excluding carboxylic acids is 2. The zero-order chi connectivity index (χ0) is 23.3. The van der Waals surface area contributed by atoms with Gasteiger partial charge in [-0.3, -0.25) is 9.59 Å². The van der Waals surface area contributed by atoms with Gasteiger partial charge in [-0.1, -0.05) is 49.7 Å². The molecule has 0 saturated heterocycles. The smallest absolute Gasteiger partial charge is 0.261 e. The molecule has 1 atom stereocenters. The molecule has 0 unspecified atom stereocenters. The van der Waals surface area contributed by atoms with Crippen LogP contribution in [0.4, 0.5) is 11.5 Å². The van der Waals surface area contributed by atoms with Gasteiger partial charge in [0.25, 0.3) is 5.91 Å². The van der Waals surface area contributed by atoms with Gasteiger partial charge in [0.15, 0.2) is 5.78 Å². The number of aromatic nitrogens is 2. The Morgan fingerprint density at radius 1 is 1.18 bits per heavy atom. The fourth-order valence-electron chi connectivity index (χ4n) is 4.75. The molecule has 1 aromatic heterocycles. The number of rotatable bonds is 3. The number of benzene rings is 2. The monoisotopic (exact) mass is 460 g/mol. The van der Waals surface area contributed by atoms with Crippen molar-refractivity contribution in [2.45, 2.75) is 39.7 Å². The average Bonchev–Trinajstić information content (AvgIpc) is 3.16. The van der Waals surface area contributed by atoms with E-state index in [1.54, 1.807) is 10.9 Å².